The van der Waals surface area contributed by atoms with Gasteiger partial charge in [0.15, 0.2) is 0 Å². The molecule has 1 N–H and O–H groups in total. The Labute approximate surface area is 137 Å². The number of esters is 1. The zero-order chi connectivity index (χ0) is 16.1. The summed E-state index contributed by atoms with van der Waals surface area (Å²) in [7, 11) is 0. The molecular formula is C19H25NO3. The van der Waals surface area contributed by atoms with Crippen LogP contribution in [0.1, 0.15) is 50.5 Å². The van der Waals surface area contributed by atoms with Crippen LogP contribution in [0.5, 0.6) is 0 Å². The zero-order valence-electron chi connectivity index (χ0n) is 13.6. The first kappa shape index (κ1) is 16.0. The number of benzene rings is 1. The number of amides is 1. The standard InChI is InChI=1S/C19H25NO3/c21-18(15-7-2-1-3-8-15)20-17-10-4-6-14(13-17)12-16-9-5-11-23-19(16)22/h4,6,10,13,15-16H,1-3,5,7-9,11-12H2,(H,20,21). The summed E-state index contributed by atoms with van der Waals surface area (Å²) < 4.78 is 5.13. The molecule has 0 aromatic heterocycles. The highest BCUT2D eigenvalue weighted by Gasteiger charge is 2.24. The van der Waals surface area contributed by atoms with E-state index in [4.69, 9.17) is 4.74 Å². The minimum Gasteiger partial charge on any atom is -0.465 e. The molecule has 0 spiro atoms. The molecule has 1 aliphatic carbocycles. The highest BCUT2D eigenvalue weighted by Crippen LogP contribution is 2.26. The maximum absolute atomic E-state index is 12.3. The van der Waals surface area contributed by atoms with Crippen molar-refractivity contribution in [3.8, 4) is 0 Å². The number of anilines is 1. The molecule has 2 aliphatic rings. The molecule has 23 heavy (non-hydrogen) atoms. The van der Waals surface area contributed by atoms with Crippen molar-refractivity contribution in [1.29, 1.82) is 0 Å². The number of hydrogen-bond donors (Lipinski definition) is 1. The third kappa shape index (κ3) is 4.34. The second-order valence-corrected chi connectivity index (χ2v) is 6.74. The van der Waals surface area contributed by atoms with Crippen molar-refractivity contribution >= 4 is 17.6 Å². The van der Waals surface area contributed by atoms with Gasteiger partial charge < -0.3 is 10.1 Å². The molecule has 124 valence electrons. The van der Waals surface area contributed by atoms with Crippen molar-refractivity contribution in [1.82, 2.24) is 0 Å². The van der Waals surface area contributed by atoms with E-state index in [-0.39, 0.29) is 23.7 Å². The number of hydrogen-bond acceptors (Lipinski definition) is 3. The van der Waals surface area contributed by atoms with Gasteiger partial charge in [0.2, 0.25) is 5.91 Å². The molecule has 1 atom stereocenters. The lowest BCUT2D eigenvalue weighted by Crippen LogP contribution is -2.26. The second-order valence-electron chi connectivity index (χ2n) is 6.74. The average Bonchev–Trinajstić information content (AvgIpc) is 2.58. The number of rotatable bonds is 4. The fourth-order valence-corrected chi connectivity index (χ4v) is 3.59. The van der Waals surface area contributed by atoms with Gasteiger partial charge in [0.05, 0.1) is 12.5 Å². The number of carbonyl (C=O) groups is 2. The molecule has 1 saturated carbocycles. The third-order valence-corrected chi connectivity index (χ3v) is 4.93. The van der Waals surface area contributed by atoms with Gasteiger partial charge in [-0.3, -0.25) is 9.59 Å². The molecule has 1 saturated heterocycles. The Kier molecular flexibility index (Phi) is 5.31. The van der Waals surface area contributed by atoms with Crippen LogP contribution >= 0.6 is 0 Å². The molecule has 0 radical (unpaired) electrons. The lowest BCUT2D eigenvalue weighted by Gasteiger charge is -2.22. The minimum absolute atomic E-state index is 0.0481. The molecule has 2 fully saturated rings. The van der Waals surface area contributed by atoms with E-state index < -0.39 is 0 Å². The van der Waals surface area contributed by atoms with Crippen LogP contribution in [0.4, 0.5) is 5.69 Å². The van der Waals surface area contributed by atoms with E-state index in [0.717, 1.165) is 49.8 Å². The predicted octanol–water partition coefficient (Wildman–Crippen LogP) is 3.70. The molecule has 1 unspecified atom stereocenters. The van der Waals surface area contributed by atoms with Gasteiger partial charge in [-0.2, -0.15) is 0 Å². The Morgan fingerprint density at radius 2 is 1.96 bits per heavy atom. The van der Waals surface area contributed by atoms with E-state index in [1.165, 1.54) is 6.42 Å². The highest BCUT2D eigenvalue weighted by molar-refractivity contribution is 5.92. The smallest absolute Gasteiger partial charge is 0.309 e. The molecule has 1 aromatic rings. The third-order valence-electron chi connectivity index (χ3n) is 4.93. The van der Waals surface area contributed by atoms with Crippen molar-refractivity contribution in [2.24, 2.45) is 11.8 Å². The van der Waals surface area contributed by atoms with Gasteiger partial charge in [0.25, 0.3) is 0 Å². The topological polar surface area (TPSA) is 55.4 Å². The maximum atomic E-state index is 12.3. The quantitative estimate of drug-likeness (QED) is 0.862. The molecule has 4 heteroatoms. The number of nitrogens with one attached hydrogen (secondary N) is 1. The van der Waals surface area contributed by atoms with E-state index in [9.17, 15) is 9.59 Å². The first-order valence-corrected chi connectivity index (χ1v) is 8.79. The lowest BCUT2D eigenvalue weighted by atomic mass is 9.88. The van der Waals surface area contributed by atoms with E-state index in [2.05, 4.69) is 5.32 Å². The van der Waals surface area contributed by atoms with Gasteiger partial charge in [-0.05, 0) is 49.8 Å². The Bertz CT molecular complexity index is 563. The molecule has 1 aliphatic heterocycles. The van der Waals surface area contributed by atoms with Crippen LogP contribution in [0, 0.1) is 11.8 Å². The Balaban J connectivity index is 1.60. The van der Waals surface area contributed by atoms with Crippen LogP contribution in [0.15, 0.2) is 24.3 Å². The first-order valence-electron chi connectivity index (χ1n) is 8.79. The molecule has 3 rings (SSSR count). The molecule has 4 nitrogen and oxygen atoms in total. The second kappa shape index (κ2) is 7.62. The molecule has 0 bridgehead atoms. The van der Waals surface area contributed by atoms with E-state index >= 15 is 0 Å². The maximum Gasteiger partial charge on any atom is 0.309 e. The first-order chi connectivity index (χ1) is 11.2. The Morgan fingerprint density at radius 3 is 2.74 bits per heavy atom. The van der Waals surface area contributed by atoms with E-state index in [1.807, 2.05) is 24.3 Å². The largest absolute Gasteiger partial charge is 0.465 e. The Morgan fingerprint density at radius 1 is 1.13 bits per heavy atom. The van der Waals surface area contributed by atoms with E-state index in [0.29, 0.717) is 13.0 Å². The van der Waals surface area contributed by atoms with Gasteiger partial charge in [-0.25, -0.2) is 0 Å². The molecular weight excluding hydrogens is 290 g/mol. The number of cyclic esters (lactones) is 1. The summed E-state index contributed by atoms with van der Waals surface area (Å²) in [5.74, 6) is 0.153. The van der Waals surface area contributed by atoms with Gasteiger partial charge >= 0.3 is 5.97 Å². The van der Waals surface area contributed by atoms with Crippen molar-refractivity contribution in [3.05, 3.63) is 29.8 Å². The average molecular weight is 315 g/mol. The zero-order valence-corrected chi connectivity index (χ0v) is 13.6. The van der Waals surface area contributed by atoms with Gasteiger partial charge in [-0.15, -0.1) is 0 Å². The predicted molar refractivity (Wildman–Crippen MR) is 89.0 cm³/mol. The van der Waals surface area contributed by atoms with Crippen LogP contribution in [-0.2, 0) is 20.7 Å². The fraction of sp³-hybridized carbons (Fsp3) is 0.579. The van der Waals surface area contributed by atoms with Gasteiger partial charge in [-0.1, -0.05) is 31.4 Å². The molecule has 1 aromatic carbocycles. The summed E-state index contributed by atoms with van der Waals surface area (Å²) in [6.45, 7) is 0.548. The van der Waals surface area contributed by atoms with Crippen LogP contribution in [0.25, 0.3) is 0 Å². The van der Waals surface area contributed by atoms with Crippen molar-refractivity contribution < 1.29 is 14.3 Å². The van der Waals surface area contributed by atoms with Crippen LogP contribution < -0.4 is 5.32 Å². The van der Waals surface area contributed by atoms with Crippen molar-refractivity contribution in [2.75, 3.05) is 11.9 Å². The normalized spacial score (nSPS) is 22.4. The monoisotopic (exact) mass is 315 g/mol. The molecule has 1 amide bonds. The summed E-state index contributed by atoms with van der Waals surface area (Å²) >= 11 is 0. The number of ether oxygens (including phenoxy) is 1. The van der Waals surface area contributed by atoms with Gasteiger partial charge in [0, 0.05) is 11.6 Å². The molecule has 1 heterocycles. The Hall–Kier alpha value is -1.84. The van der Waals surface area contributed by atoms with Crippen molar-refractivity contribution in [3.63, 3.8) is 0 Å². The summed E-state index contributed by atoms with van der Waals surface area (Å²) in [5.41, 5.74) is 1.91. The summed E-state index contributed by atoms with van der Waals surface area (Å²) in [6.07, 6.45) is 8.07. The van der Waals surface area contributed by atoms with Crippen LogP contribution in [0.3, 0.4) is 0 Å². The summed E-state index contributed by atoms with van der Waals surface area (Å²) in [5, 5.41) is 3.05. The lowest BCUT2D eigenvalue weighted by molar-refractivity contribution is -0.152. The summed E-state index contributed by atoms with van der Waals surface area (Å²) in [6, 6.07) is 7.87. The SMILES string of the molecule is O=C(Nc1cccc(CC2CCCOC2=O)c1)C1CCCCC1. The fourth-order valence-electron chi connectivity index (χ4n) is 3.59. The van der Waals surface area contributed by atoms with Crippen molar-refractivity contribution in [2.45, 2.75) is 51.4 Å². The minimum atomic E-state index is -0.0899. The van der Waals surface area contributed by atoms with Gasteiger partial charge in [0.1, 0.15) is 0 Å². The van der Waals surface area contributed by atoms with E-state index in [1.54, 1.807) is 0 Å². The summed E-state index contributed by atoms with van der Waals surface area (Å²) in [4.78, 5) is 24.1. The highest BCUT2D eigenvalue weighted by atomic mass is 16.5. The number of carbonyl (C=O) groups excluding carboxylic acids is 2. The van der Waals surface area contributed by atoms with Crippen LogP contribution in [0.2, 0.25) is 0 Å². The van der Waals surface area contributed by atoms with Crippen LogP contribution in [-0.4, -0.2) is 18.5 Å².